The normalized spacial score (nSPS) is 10.9. The maximum absolute atomic E-state index is 13.1. The van der Waals surface area contributed by atoms with Crippen LogP contribution in [0.1, 0.15) is 21.6 Å². The van der Waals surface area contributed by atoms with E-state index in [1.165, 1.54) is 0 Å². The third-order valence-electron chi connectivity index (χ3n) is 5.28. The Hall–Kier alpha value is -3.09. The standard InChI is InChI=1S/C24H22ClN3O2S/c1-15-8-9-17-11-18(23(29)27-22(17)16(15)2)13-28(14-21-7-4-10-31-21)24(30)26-20-6-3-5-19(25)12-20/h3-12H,13-14H2,1-2H3,(H,26,30)(H,27,29). The summed E-state index contributed by atoms with van der Waals surface area (Å²) in [6.07, 6.45) is 0. The van der Waals surface area contributed by atoms with Crippen LogP contribution in [0.5, 0.6) is 0 Å². The molecular weight excluding hydrogens is 430 g/mol. The van der Waals surface area contributed by atoms with Gasteiger partial charge in [-0.25, -0.2) is 4.79 Å². The van der Waals surface area contributed by atoms with Crippen molar-refractivity contribution in [3.05, 3.63) is 96.9 Å². The molecule has 31 heavy (non-hydrogen) atoms. The number of aromatic amines is 1. The highest BCUT2D eigenvalue weighted by molar-refractivity contribution is 7.09. The number of hydrogen-bond acceptors (Lipinski definition) is 3. The molecule has 0 radical (unpaired) electrons. The van der Waals surface area contributed by atoms with Crippen molar-refractivity contribution >= 4 is 45.6 Å². The summed E-state index contributed by atoms with van der Waals surface area (Å²) in [5.41, 5.74) is 3.96. The van der Waals surface area contributed by atoms with Gasteiger partial charge in [-0.2, -0.15) is 0 Å². The third-order valence-corrected chi connectivity index (χ3v) is 6.38. The summed E-state index contributed by atoms with van der Waals surface area (Å²) in [7, 11) is 0. The number of carbonyl (C=O) groups excluding carboxylic acids is 1. The van der Waals surface area contributed by atoms with Crippen molar-refractivity contribution in [2.24, 2.45) is 0 Å². The second-order valence-electron chi connectivity index (χ2n) is 7.47. The number of urea groups is 1. The zero-order chi connectivity index (χ0) is 22.0. The van der Waals surface area contributed by atoms with Crippen molar-refractivity contribution in [2.45, 2.75) is 26.9 Å². The van der Waals surface area contributed by atoms with E-state index in [-0.39, 0.29) is 18.1 Å². The lowest BCUT2D eigenvalue weighted by Gasteiger charge is -2.23. The molecule has 0 saturated heterocycles. The second-order valence-corrected chi connectivity index (χ2v) is 8.94. The van der Waals surface area contributed by atoms with E-state index in [2.05, 4.69) is 10.3 Å². The summed E-state index contributed by atoms with van der Waals surface area (Å²) in [4.78, 5) is 31.6. The predicted octanol–water partition coefficient (Wildman–Crippen LogP) is 6.09. The van der Waals surface area contributed by atoms with Gasteiger partial charge in [-0.1, -0.05) is 35.9 Å². The van der Waals surface area contributed by atoms with Crippen molar-refractivity contribution in [1.29, 1.82) is 0 Å². The number of hydrogen-bond donors (Lipinski definition) is 2. The average molecular weight is 452 g/mol. The van der Waals surface area contributed by atoms with Gasteiger partial charge in [0.15, 0.2) is 0 Å². The predicted molar refractivity (Wildman–Crippen MR) is 128 cm³/mol. The lowest BCUT2D eigenvalue weighted by Crippen LogP contribution is -2.35. The molecule has 0 saturated carbocycles. The first-order chi connectivity index (χ1) is 14.9. The number of benzene rings is 2. The number of rotatable bonds is 5. The Balaban J connectivity index is 1.65. The number of nitrogens with zero attached hydrogens (tertiary/aromatic N) is 1. The largest absolute Gasteiger partial charge is 0.322 e. The zero-order valence-electron chi connectivity index (χ0n) is 17.2. The minimum Gasteiger partial charge on any atom is -0.321 e. The fraction of sp³-hybridized carbons (Fsp3) is 0.167. The first-order valence-corrected chi connectivity index (χ1v) is 11.1. The number of anilines is 1. The first kappa shape index (κ1) is 21.2. The maximum atomic E-state index is 13.1. The molecule has 2 aromatic heterocycles. The molecule has 4 rings (SSSR count). The number of H-pyrrole nitrogens is 1. The Morgan fingerprint density at radius 1 is 1.10 bits per heavy atom. The molecule has 2 amide bonds. The molecule has 5 nitrogen and oxygen atoms in total. The summed E-state index contributed by atoms with van der Waals surface area (Å²) >= 11 is 7.61. The second kappa shape index (κ2) is 8.96. The number of aryl methyl sites for hydroxylation is 2. The van der Waals surface area contributed by atoms with Gasteiger partial charge in [-0.15, -0.1) is 11.3 Å². The Bertz CT molecular complexity index is 1300. The monoisotopic (exact) mass is 451 g/mol. The fourth-order valence-corrected chi connectivity index (χ4v) is 4.36. The summed E-state index contributed by atoms with van der Waals surface area (Å²) in [5, 5.41) is 6.34. The van der Waals surface area contributed by atoms with Crippen molar-refractivity contribution in [3.8, 4) is 0 Å². The molecule has 7 heteroatoms. The molecule has 0 aliphatic carbocycles. The minimum atomic E-state index is -0.296. The first-order valence-electron chi connectivity index (χ1n) is 9.86. The molecule has 2 heterocycles. The molecular formula is C24H22ClN3O2S. The van der Waals surface area contributed by atoms with Gasteiger partial charge >= 0.3 is 6.03 Å². The van der Waals surface area contributed by atoms with Gasteiger partial charge in [0.1, 0.15) is 0 Å². The average Bonchev–Trinajstić information content (AvgIpc) is 3.25. The highest BCUT2D eigenvalue weighted by Crippen LogP contribution is 2.21. The van der Waals surface area contributed by atoms with Gasteiger partial charge in [-0.3, -0.25) is 4.79 Å². The molecule has 4 aromatic rings. The smallest absolute Gasteiger partial charge is 0.321 e. The van der Waals surface area contributed by atoms with Crippen LogP contribution in [0.3, 0.4) is 0 Å². The molecule has 0 aliphatic heterocycles. The van der Waals surface area contributed by atoms with Crippen LogP contribution in [0.2, 0.25) is 5.02 Å². The summed E-state index contributed by atoms with van der Waals surface area (Å²) in [6.45, 7) is 4.59. The van der Waals surface area contributed by atoms with Crippen LogP contribution in [0.25, 0.3) is 10.9 Å². The van der Waals surface area contributed by atoms with Crippen LogP contribution in [0, 0.1) is 13.8 Å². The molecule has 0 unspecified atom stereocenters. The van der Waals surface area contributed by atoms with Crippen LogP contribution < -0.4 is 10.9 Å². The van der Waals surface area contributed by atoms with Crippen molar-refractivity contribution in [1.82, 2.24) is 9.88 Å². The Morgan fingerprint density at radius 2 is 1.94 bits per heavy atom. The highest BCUT2D eigenvalue weighted by atomic mass is 35.5. The molecule has 2 aromatic carbocycles. The summed E-state index contributed by atoms with van der Waals surface area (Å²) < 4.78 is 0. The maximum Gasteiger partial charge on any atom is 0.322 e. The molecule has 2 N–H and O–H groups in total. The van der Waals surface area contributed by atoms with Gasteiger partial charge in [-0.05, 0) is 66.1 Å². The Labute approximate surface area is 189 Å². The van der Waals surface area contributed by atoms with Gasteiger partial charge in [0.25, 0.3) is 5.56 Å². The molecule has 0 bridgehead atoms. The van der Waals surface area contributed by atoms with Crippen LogP contribution in [0.4, 0.5) is 10.5 Å². The van der Waals surface area contributed by atoms with Gasteiger partial charge in [0, 0.05) is 21.2 Å². The molecule has 0 fully saturated rings. The van der Waals surface area contributed by atoms with Crippen LogP contribution >= 0.6 is 22.9 Å². The number of pyridine rings is 1. The lowest BCUT2D eigenvalue weighted by atomic mass is 10.0. The van der Waals surface area contributed by atoms with E-state index in [0.29, 0.717) is 22.8 Å². The molecule has 0 atom stereocenters. The Kier molecular flexibility index (Phi) is 6.11. The minimum absolute atomic E-state index is 0.183. The molecule has 0 aliphatic rings. The summed E-state index contributed by atoms with van der Waals surface area (Å²) in [6, 6.07) is 16.5. The number of fused-ring (bicyclic) bond motifs is 1. The number of carbonyl (C=O) groups is 1. The third kappa shape index (κ3) is 4.81. The van der Waals surface area contributed by atoms with E-state index in [0.717, 1.165) is 26.9 Å². The van der Waals surface area contributed by atoms with Gasteiger partial charge < -0.3 is 15.2 Å². The van der Waals surface area contributed by atoms with E-state index in [1.54, 1.807) is 40.5 Å². The van der Waals surface area contributed by atoms with Crippen molar-refractivity contribution < 1.29 is 4.79 Å². The van der Waals surface area contributed by atoms with Crippen LogP contribution in [0.15, 0.2) is 64.8 Å². The zero-order valence-corrected chi connectivity index (χ0v) is 18.8. The van der Waals surface area contributed by atoms with E-state index < -0.39 is 0 Å². The van der Waals surface area contributed by atoms with Crippen LogP contribution in [-0.2, 0) is 13.1 Å². The highest BCUT2D eigenvalue weighted by Gasteiger charge is 2.18. The fourth-order valence-electron chi connectivity index (χ4n) is 3.45. The molecule has 0 spiro atoms. The van der Waals surface area contributed by atoms with E-state index in [9.17, 15) is 9.59 Å². The molecule has 158 valence electrons. The summed E-state index contributed by atoms with van der Waals surface area (Å²) in [5.74, 6) is 0. The van der Waals surface area contributed by atoms with Gasteiger partial charge in [0.05, 0.1) is 18.6 Å². The number of nitrogens with one attached hydrogen (secondary N) is 2. The Morgan fingerprint density at radius 3 is 2.68 bits per heavy atom. The van der Waals surface area contributed by atoms with E-state index in [1.807, 2.05) is 49.6 Å². The topological polar surface area (TPSA) is 65.2 Å². The quantitative estimate of drug-likeness (QED) is 0.385. The SMILES string of the molecule is Cc1ccc2cc(CN(Cc3cccs3)C(=O)Nc3cccc(Cl)c3)c(=O)[nH]c2c1C. The van der Waals surface area contributed by atoms with Crippen molar-refractivity contribution in [3.63, 3.8) is 0 Å². The van der Waals surface area contributed by atoms with Gasteiger partial charge in [0.2, 0.25) is 0 Å². The number of amides is 2. The number of aromatic nitrogens is 1. The van der Waals surface area contributed by atoms with E-state index in [4.69, 9.17) is 11.6 Å². The van der Waals surface area contributed by atoms with Crippen LogP contribution in [-0.4, -0.2) is 15.9 Å². The number of thiophene rings is 1. The number of halogens is 1. The lowest BCUT2D eigenvalue weighted by molar-refractivity contribution is 0.207. The van der Waals surface area contributed by atoms with E-state index >= 15 is 0 Å². The van der Waals surface area contributed by atoms with Crippen molar-refractivity contribution in [2.75, 3.05) is 5.32 Å².